The number of fused-ring (bicyclic) bond motifs is 5. The Morgan fingerprint density at radius 1 is 1.21 bits per heavy atom. The Hall–Kier alpha value is -1.13. The minimum absolute atomic E-state index is 0.0178. The van der Waals surface area contributed by atoms with Gasteiger partial charge >= 0.3 is 0 Å². The van der Waals surface area contributed by atoms with Gasteiger partial charge in [-0.05, 0) is 67.8 Å². The molecule has 33 heavy (non-hydrogen) atoms. The highest BCUT2D eigenvalue weighted by atomic mass is 32.2. The summed E-state index contributed by atoms with van der Waals surface area (Å²) in [4.78, 5) is 25.5. The zero-order valence-electron chi connectivity index (χ0n) is 20.0. The molecule has 0 aromatic heterocycles. The summed E-state index contributed by atoms with van der Waals surface area (Å²) < 4.78 is 39.2. The molecule has 0 aromatic rings. The Bertz CT molecular complexity index is 958. The molecule has 0 amide bonds. The minimum Gasteiger partial charge on any atom is -0.393 e. The molecular formula is C24H36O8S. The molecule has 0 spiro atoms. The van der Waals surface area contributed by atoms with Gasteiger partial charge in [-0.1, -0.05) is 19.4 Å². The molecule has 0 heterocycles. The molecule has 3 fully saturated rings. The maximum atomic E-state index is 13.5. The van der Waals surface area contributed by atoms with Crippen LogP contribution in [0.25, 0.3) is 0 Å². The fraction of sp³-hybridized carbons (Fsp3) is 0.833. The first-order chi connectivity index (χ1) is 15.4. The van der Waals surface area contributed by atoms with E-state index in [-0.39, 0.29) is 35.7 Å². The van der Waals surface area contributed by atoms with Crippen LogP contribution in [-0.4, -0.2) is 63.6 Å². The number of methoxy groups -OCH3 is 1. The molecule has 0 aliphatic heterocycles. The second kappa shape index (κ2) is 8.52. The molecule has 1 unspecified atom stereocenters. The van der Waals surface area contributed by atoms with Crippen LogP contribution >= 0.6 is 0 Å². The average molecular weight is 485 g/mol. The summed E-state index contributed by atoms with van der Waals surface area (Å²) in [6.45, 7) is 3.48. The van der Waals surface area contributed by atoms with Gasteiger partial charge in [-0.3, -0.25) is 13.8 Å². The van der Waals surface area contributed by atoms with Crippen molar-refractivity contribution in [2.75, 3.05) is 26.8 Å². The van der Waals surface area contributed by atoms with Crippen molar-refractivity contribution in [2.24, 2.45) is 28.6 Å². The average Bonchev–Trinajstić information content (AvgIpc) is 3.02. The first-order valence-corrected chi connectivity index (χ1v) is 13.6. The van der Waals surface area contributed by atoms with Crippen molar-refractivity contribution < 1.29 is 36.8 Å². The van der Waals surface area contributed by atoms with Crippen molar-refractivity contribution in [3.63, 3.8) is 0 Å². The first kappa shape index (κ1) is 25.0. The maximum absolute atomic E-state index is 13.5. The van der Waals surface area contributed by atoms with Gasteiger partial charge in [-0.2, -0.15) is 8.42 Å². The van der Waals surface area contributed by atoms with Crippen LogP contribution < -0.4 is 0 Å². The largest absolute Gasteiger partial charge is 0.393 e. The molecule has 7 atom stereocenters. The van der Waals surface area contributed by atoms with Gasteiger partial charge in [0.25, 0.3) is 10.1 Å². The number of ketones is 2. The van der Waals surface area contributed by atoms with Gasteiger partial charge in [-0.15, -0.1) is 0 Å². The third kappa shape index (κ3) is 3.93. The summed E-state index contributed by atoms with van der Waals surface area (Å²) in [6, 6.07) is 0. The fourth-order valence-corrected chi connectivity index (χ4v) is 8.21. The SMILES string of the molecule is COCO[C@]1(C(=O)COS(C)(=O)=O)CC[C@H]2[C@@H]3CCC4=CC(=O)CC[C@]4(C)[C@H]3C(O)C[C@@]21C. The van der Waals surface area contributed by atoms with Crippen molar-refractivity contribution in [1.82, 2.24) is 0 Å². The highest BCUT2D eigenvalue weighted by molar-refractivity contribution is 7.86. The van der Waals surface area contributed by atoms with Crippen LogP contribution in [0.5, 0.6) is 0 Å². The number of hydrogen-bond acceptors (Lipinski definition) is 8. The van der Waals surface area contributed by atoms with Crippen molar-refractivity contribution >= 4 is 21.7 Å². The molecule has 3 saturated carbocycles. The minimum atomic E-state index is -3.79. The number of Topliss-reactive ketones (excluding diaryl/α,β-unsaturated/α-hetero) is 1. The first-order valence-electron chi connectivity index (χ1n) is 11.8. The Kier molecular flexibility index (Phi) is 6.45. The summed E-state index contributed by atoms with van der Waals surface area (Å²) in [5.41, 5.74) is -1.05. The number of hydrogen-bond donors (Lipinski definition) is 1. The summed E-state index contributed by atoms with van der Waals surface area (Å²) in [5, 5.41) is 11.5. The summed E-state index contributed by atoms with van der Waals surface area (Å²) in [5.74, 6) is 0.0721. The lowest BCUT2D eigenvalue weighted by molar-refractivity contribution is -0.216. The van der Waals surface area contributed by atoms with E-state index in [1.54, 1.807) is 6.08 Å². The summed E-state index contributed by atoms with van der Waals surface area (Å²) in [7, 11) is -2.31. The third-order valence-electron chi connectivity index (χ3n) is 9.29. The van der Waals surface area contributed by atoms with Gasteiger partial charge in [0, 0.05) is 18.9 Å². The lowest BCUT2D eigenvalue weighted by Gasteiger charge is -2.61. The van der Waals surface area contributed by atoms with E-state index >= 15 is 0 Å². The van der Waals surface area contributed by atoms with Crippen molar-refractivity contribution in [3.05, 3.63) is 11.6 Å². The van der Waals surface area contributed by atoms with E-state index in [0.717, 1.165) is 37.5 Å². The van der Waals surface area contributed by atoms with E-state index in [2.05, 4.69) is 6.92 Å². The number of rotatable bonds is 7. The second-order valence-electron chi connectivity index (χ2n) is 10.9. The molecule has 4 aliphatic carbocycles. The van der Waals surface area contributed by atoms with Gasteiger partial charge in [0.2, 0.25) is 0 Å². The lowest BCUT2D eigenvalue weighted by Crippen LogP contribution is -2.63. The van der Waals surface area contributed by atoms with Crippen LogP contribution in [0.2, 0.25) is 0 Å². The summed E-state index contributed by atoms with van der Waals surface area (Å²) >= 11 is 0. The Morgan fingerprint density at radius 3 is 2.61 bits per heavy atom. The van der Waals surface area contributed by atoms with Gasteiger partial charge < -0.3 is 14.6 Å². The smallest absolute Gasteiger partial charge is 0.264 e. The van der Waals surface area contributed by atoms with Gasteiger partial charge in [0.05, 0.1) is 12.4 Å². The molecule has 0 bridgehead atoms. The van der Waals surface area contributed by atoms with E-state index in [0.29, 0.717) is 19.3 Å². The van der Waals surface area contributed by atoms with Crippen molar-refractivity contribution in [1.29, 1.82) is 0 Å². The van der Waals surface area contributed by atoms with E-state index in [9.17, 15) is 23.1 Å². The molecule has 1 N–H and O–H groups in total. The molecule has 4 aliphatic rings. The predicted molar refractivity (Wildman–Crippen MR) is 120 cm³/mol. The quantitative estimate of drug-likeness (QED) is 0.433. The van der Waals surface area contributed by atoms with Crippen molar-refractivity contribution in [3.8, 4) is 0 Å². The summed E-state index contributed by atoms with van der Waals surface area (Å²) in [6.07, 6.45) is 6.50. The van der Waals surface area contributed by atoms with Gasteiger partial charge in [-0.25, -0.2) is 0 Å². The molecule has 8 nitrogen and oxygen atoms in total. The number of aliphatic hydroxyl groups is 1. The Balaban J connectivity index is 1.69. The number of allylic oxidation sites excluding steroid dienone is 1. The van der Waals surface area contributed by atoms with Crippen LogP contribution in [-0.2, 0) is 33.4 Å². The zero-order chi connectivity index (χ0) is 24.2. The zero-order valence-corrected chi connectivity index (χ0v) is 20.8. The van der Waals surface area contributed by atoms with E-state index in [1.165, 1.54) is 7.11 Å². The molecule has 0 aromatic carbocycles. The van der Waals surface area contributed by atoms with Gasteiger partial charge in [0.1, 0.15) is 19.0 Å². The van der Waals surface area contributed by atoms with E-state index in [4.69, 9.17) is 13.7 Å². The molecule has 186 valence electrons. The molecule has 0 saturated heterocycles. The lowest BCUT2D eigenvalue weighted by atomic mass is 9.45. The Morgan fingerprint density at radius 2 is 1.94 bits per heavy atom. The number of aliphatic hydroxyl groups excluding tert-OH is 1. The Labute approximate surface area is 196 Å². The molecule has 4 rings (SSSR count). The van der Waals surface area contributed by atoms with Gasteiger partial charge in [0.15, 0.2) is 11.6 Å². The van der Waals surface area contributed by atoms with Crippen LogP contribution in [0.3, 0.4) is 0 Å². The molecular weight excluding hydrogens is 448 g/mol. The topological polar surface area (TPSA) is 116 Å². The van der Waals surface area contributed by atoms with Crippen LogP contribution in [0.1, 0.15) is 58.8 Å². The fourth-order valence-electron chi connectivity index (χ4n) is 7.89. The van der Waals surface area contributed by atoms with Crippen LogP contribution in [0.15, 0.2) is 11.6 Å². The monoisotopic (exact) mass is 484 g/mol. The predicted octanol–water partition coefficient (Wildman–Crippen LogP) is 2.39. The van der Waals surface area contributed by atoms with Crippen molar-refractivity contribution in [2.45, 2.75) is 70.5 Å². The number of ether oxygens (including phenoxy) is 2. The number of carbonyl (C=O) groups is 2. The standard InChI is InChI=1S/C24H36O8S/c1-22-9-7-16(25)11-15(22)5-6-17-18-8-10-24(31-14-30-3,20(27)13-32-33(4,28)29)23(18,2)12-19(26)21(17)22/h11,17-19,21,26H,5-10,12-14H2,1-4H3/t17-,18-,19?,21+,22-,23-,24-/m0/s1. The maximum Gasteiger partial charge on any atom is 0.264 e. The highest BCUT2D eigenvalue weighted by Gasteiger charge is 2.69. The molecule has 9 heteroatoms. The van der Waals surface area contributed by atoms with Crippen LogP contribution in [0, 0.1) is 28.6 Å². The molecule has 0 radical (unpaired) electrons. The number of carbonyl (C=O) groups excluding carboxylic acids is 2. The van der Waals surface area contributed by atoms with Crippen LogP contribution in [0.4, 0.5) is 0 Å². The second-order valence-corrected chi connectivity index (χ2v) is 12.5. The normalized spacial score (nSPS) is 42.8. The van der Waals surface area contributed by atoms with E-state index in [1.807, 2.05) is 6.92 Å². The van der Waals surface area contributed by atoms with E-state index < -0.39 is 39.6 Å². The highest BCUT2D eigenvalue weighted by Crippen LogP contribution is 2.68. The third-order valence-corrected chi connectivity index (χ3v) is 9.84.